The lowest BCUT2D eigenvalue weighted by Gasteiger charge is -2.14. The smallest absolute Gasteiger partial charge is 0.244 e. The molecule has 0 aliphatic carbocycles. The first-order valence-corrected chi connectivity index (χ1v) is 7.53. The van der Waals surface area contributed by atoms with Crippen LogP contribution in [0.5, 0.6) is 0 Å². The molecule has 114 valence electrons. The van der Waals surface area contributed by atoms with Crippen molar-refractivity contribution in [1.29, 1.82) is 0 Å². The molecule has 2 aromatic rings. The predicted molar refractivity (Wildman–Crippen MR) is 71.6 cm³/mol. The third kappa shape index (κ3) is 3.09. The highest BCUT2D eigenvalue weighted by atomic mass is 32.2. The summed E-state index contributed by atoms with van der Waals surface area (Å²) in [4.78, 5) is -0.639. The summed E-state index contributed by atoms with van der Waals surface area (Å²) in [5.41, 5.74) is 5.35. The van der Waals surface area contributed by atoms with E-state index >= 15 is 0 Å². The van der Waals surface area contributed by atoms with Gasteiger partial charge in [-0.3, -0.25) is 5.10 Å². The van der Waals surface area contributed by atoms with Gasteiger partial charge in [0.1, 0.15) is 10.7 Å². The molecule has 4 N–H and O–H groups in total. The molecular formula is C12H14F2N4O2S. The molecule has 1 heterocycles. The van der Waals surface area contributed by atoms with Crippen molar-refractivity contribution in [3.8, 4) is 0 Å². The Balaban J connectivity index is 2.36. The molecular weight excluding hydrogens is 302 g/mol. The Hall–Kier alpha value is -1.84. The third-order valence-corrected chi connectivity index (χ3v) is 4.55. The lowest BCUT2D eigenvalue weighted by molar-refractivity contribution is 0.521. The zero-order chi connectivity index (χ0) is 15.6. The summed E-state index contributed by atoms with van der Waals surface area (Å²) in [6.45, 7) is 1.14. The SMILES string of the molecule is CC(NS(=O)(=O)c1ccc(F)c(CN)c1F)c1cn[nH]c1. The number of hydrogen-bond acceptors (Lipinski definition) is 4. The largest absolute Gasteiger partial charge is 0.326 e. The van der Waals surface area contributed by atoms with Gasteiger partial charge in [0.25, 0.3) is 0 Å². The molecule has 0 amide bonds. The van der Waals surface area contributed by atoms with E-state index in [0.29, 0.717) is 5.56 Å². The molecule has 1 atom stereocenters. The Morgan fingerprint density at radius 3 is 2.71 bits per heavy atom. The van der Waals surface area contributed by atoms with Crippen molar-refractivity contribution in [2.75, 3.05) is 0 Å². The zero-order valence-corrected chi connectivity index (χ0v) is 11.9. The normalized spacial score (nSPS) is 13.3. The fourth-order valence-corrected chi connectivity index (χ4v) is 3.17. The average Bonchev–Trinajstić information content (AvgIpc) is 2.92. The minimum atomic E-state index is -4.15. The van der Waals surface area contributed by atoms with Gasteiger partial charge in [-0.25, -0.2) is 21.9 Å². The molecule has 1 unspecified atom stereocenters. The Labute approximate surface area is 120 Å². The summed E-state index contributed by atoms with van der Waals surface area (Å²) in [6.07, 6.45) is 2.96. The van der Waals surface area contributed by atoms with Gasteiger partial charge in [0.15, 0.2) is 5.82 Å². The highest BCUT2D eigenvalue weighted by Crippen LogP contribution is 2.22. The molecule has 21 heavy (non-hydrogen) atoms. The molecule has 0 bridgehead atoms. The summed E-state index contributed by atoms with van der Waals surface area (Å²) < 4.78 is 54.1. The standard InChI is InChI=1S/C12H14F2N4O2S/c1-7(8-5-16-17-6-8)18-21(19,20)11-3-2-10(13)9(4-15)12(11)14/h2-3,5-7,18H,4,15H2,1H3,(H,16,17). The number of halogens is 2. The lowest BCUT2D eigenvalue weighted by atomic mass is 10.2. The number of rotatable bonds is 5. The van der Waals surface area contributed by atoms with Crippen LogP contribution in [0.15, 0.2) is 29.4 Å². The van der Waals surface area contributed by atoms with Crippen LogP contribution in [0.25, 0.3) is 0 Å². The van der Waals surface area contributed by atoms with Crippen LogP contribution in [0, 0.1) is 11.6 Å². The van der Waals surface area contributed by atoms with E-state index in [1.807, 2.05) is 0 Å². The van der Waals surface area contributed by atoms with E-state index in [0.717, 1.165) is 12.1 Å². The summed E-state index contributed by atoms with van der Waals surface area (Å²) in [5.74, 6) is -2.05. The van der Waals surface area contributed by atoms with Crippen molar-refractivity contribution in [2.24, 2.45) is 5.73 Å². The Morgan fingerprint density at radius 1 is 1.43 bits per heavy atom. The van der Waals surface area contributed by atoms with Crippen LogP contribution in [-0.2, 0) is 16.6 Å². The number of aromatic amines is 1. The number of nitrogens with zero attached hydrogens (tertiary/aromatic N) is 1. The molecule has 1 aromatic carbocycles. The molecule has 0 spiro atoms. The summed E-state index contributed by atoms with van der Waals surface area (Å²) in [7, 11) is -4.15. The summed E-state index contributed by atoms with van der Waals surface area (Å²) in [6, 6.07) is 1.12. The molecule has 0 saturated heterocycles. The van der Waals surface area contributed by atoms with Crippen LogP contribution in [0.3, 0.4) is 0 Å². The van der Waals surface area contributed by atoms with Crippen LogP contribution in [0.2, 0.25) is 0 Å². The maximum atomic E-state index is 14.1. The summed E-state index contributed by atoms with van der Waals surface area (Å²) >= 11 is 0. The highest BCUT2D eigenvalue weighted by Gasteiger charge is 2.25. The van der Waals surface area contributed by atoms with Crippen molar-refractivity contribution < 1.29 is 17.2 Å². The number of H-pyrrole nitrogens is 1. The molecule has 6 nitrogen and oxygen atoms in total. The number of aromatic nitrogens is 2. The molecule has 0 fully saturated rings. The van der Waals surface area contributed by atoms with Gasteiger partial charge in [0.05, 0.1) is 6.20 Å². The number of nitrogens with two attached hydrogens (primary N) is 1. The van der Waals surface area contributed by atoms with E-state index in [-0.39, 0.29) is 0 Å². The van der Waals surface area contributed by atoms with Gasteiger partial charge in [0, 0.05) is 29.9 Å². The van der Waals surface area contributed by atoms with Gasteiger partial charge < -0.3 is 5.73 Å². The van der Waals surface area contributed by atoms with E-state index < -0.39 is 44.7 Å². The van der Waals surface area contributed by atoms with Crippen molar-refractivity contribution in [3.63, 3.8) is 0 Å². The van der Waals surface area contributed by atoms with Crippen molar-refractivity contribution in [3.05, 3.63) is 47.3 Å². The molecule has 0 saturated carbocycles. The van der Waals surface area contributed by atoms with Crippen LogP contribution in [0.4, 0.5) is 8.78 Å². The fraction of sp³-hybridized carbons (Fsp3) is 0.250. The Bertz CT molecular complexity index is 732. The topological polar surface area (TPSA) is 101 Å². The second kappa shape index (κ2) is 5.88. The van der Waals surface area contributed by atoms with Gasteiger partial charge in [-0.1, -0.05) is 0 Å². The number of sulfonamides is 1. The highest BCUT2D eigenvalue weighted by molar-refractivity contribution is 7.89. The van der Waals surface area contributed by atoms with Crippen LogP contribution in [0.1, 0.15) is 24.1 Å². The molecule has 1 aromatic heterocycles. The molecule has 0 aliphatic heterocycles. The second-order valence-electron chi connectivity index (χ2n) is 4.42. The van der Waals surface area contributed by atoms with Crippen LogP contribution in [-0.4, -0.2) is 18.6 Å². The van der Waals surface area contributed by atoms with Crippen LogP contribution < -0.4 is 10.5 Å². The number of benzene rings is 1. The Kier molecular flexibility index (Phi) is 4.35. The fourth-order valence-electron chi connectivity index (χ4n) is 1.83. The molecule has 2 rings (SSSR count). The van der Waals surface area contributed by atoms with Crippen molar-refractivity contribution >= 4 is 10.0 Å². The van der Waals surface area contributed by atoms with Gasteiger partial charge in [0.2, 0.25) is 10.0 Å². The minimum absolute atomic E-state index is 0.432. The minimum Gasteiger partial charge on any atom is -0.326 e. The van der Waals surface area contributed by atoms with E-state index in [1.54, 1.807) is 6.92 Å². The number of nitrogens with one attached hydrogen (secondary N) is 2. The van der Waals surface area contributed by atoms with E-state index in [2.05, 4.69) is 14.9 Å². The molecule has 0 aliphatic rings. The van der Waals surface area contributed by atoms with Gasteiger partial charge in [-0.15, -0.1) is 0 Å². The summed E-state index contributed by atoms with van der Waals surface area (Å²) in [5, 5.41) is 6.25. The first-order valence-electron chi connectivity index (χ1n) is 6.04. The Morgan fingerprint density at radius 2 is 2.14 bits per heavy atom. The average molecular weight is 316 g/mol. The molecule has 0 radical (unpaired) electrons. The maximum Gasteiger partial charge on any atom is 0.244 e. The van der Waals surface area contributed by atoms with Gasteiger partial charge in [-0.2, -0.15) is 5.10 Å². The third-order valence-electron chi connectivity index (χ3n) is 3.00. The predicted octanol–water partition coefficient (Wildman–Crippen LogP) is 1.19. The monoisotopic (exact) mass is 316 g/mol. The molecule has 9 heteroatoms. The van der Waals surface area contributed by atoms with Crippen molar-refractivity contribution in [2.45, 2.75) is 24.4 Å². The lowest BCUT2D eigenvalue weighted by Crippen LogP contribution is -2.28. The van der Waals surface area contributed by atoms with E-state index in [1.165, 1.54) is 12.4 Å². The second-order valence-corrected chi connectivity index (χ2v) is 6.10. The van der Waals surface area contributed by atoms with Gasteiger partial charge >= 0.3 is 0 Å². The maximum absolute atomic E-state index is 14.1. The van der Waals surface area contributed by atoms with Crippen molar-refractivity contribution in [1.82, 2.24) is 14.9 Å². The van der Waals surface area contributed by atoms with Gasteiger partial charge in [-0.05, 0) is 19.1 Å². The first kappa shape index (κ1) is 15.5. The van der Waals surface area contributed by atoms with Crippen LogP contribution >= 0.6 is 0 Å². The number of hydrogen-bond donors (Lipinski definition) is 3. The van der Waals surface area contributed by atoms with E-state index in [4.69, 9.17) is 5.73 Å². The zero-order valence-electron chi connectivity index (χ0n) is 11.1. The first-order chi connectivity index (χ1) is 9.86. The van der Waals surface area contributed by atoms with E-state index in [9.17, 15) is 17.2 Å². The quantitative estimate of drug-likeness (QED) is 0.771.